The van der Waals surface area contributed by atoms with E-state index in [0.29, 0.717) is 29.1 Å². The lowest BCUT2D eigenvalue weighted by molar-refractivity contribution is 0.0698. The van der Waals surface area contributed by atoms with Crippen LogP contribution in [-0.2, 0) is 9.47 Å². The molecule has 4 rings (SSSR count). The van der Waals surface area contributed by atoms with Gasteiger partial charge in [-0.15, -0.1) is 0 Å². The molecule has 2 N–H and O–H groups in total. The molecule has 0 saturated heterocycles. The number of nitrogens with one attached hydrogen (secondary N) is 1. The molecule has 2 aromatic rings. The molecule has 156 valence electrons. The summed E-state index contributed by atoms with van der Waals surface area (Å²) in [5.74, 6) is -0.427. The summed E-state index contributed by atoms with van der Waals surface area (Å²) in [6, 6.07) is 13.2. The van der Waals surface area contributed by atoms with Crippen LogP contribution in [0.5, 0.6) is 0 Å². The summed E-state index contributed by atoms with van der Waals surface area (Å²) in [6.45, 7) is 0. The van der Waals surface area contributed by atoms with Gasteiger partial charge in [-0.2, -0.15) is 0 Å². The fraction of sp³-hybridized carbons (Fsp3) is 0.120. The van der Waals surface area contributed by atoms with Crippen molar-refractivity contribution in [3.8, 4) is 0 Å². The van der Waals surface area contributed by atoms with Crippen LogP contribution in [0.4, 0.5) is 5.69 Å². The number of carboxylic acid groups (broad SMARTS) is 1. The van der Waals surface area contributed by atoms with Gasteiger partial charge in [0, 0.05) is 17.5 Å². The highest BCUT2D eigenvalue weighted by Crippen LogP contribution is 2.31. The lowest BCUT2D eigenvalue weighted by Crippen LogP contribution is -2.15. The van der Waals surface area contributed by atoms with Crippen LogP contribution in [0.15, 0.2) is 90.6 Å². The maximum atomic E-state index is 12.6. The average molecular weight is 415 g/mol. The number of anilines is 1. The molecule has 0 unspecified atom stereocenters. The quantitative estimate of drug-likeness (QED) is 0.652. The van der Waals surface area contributed by atoms with Crippen molar-refractivity contribution in [3.05, 3.63) is 107 Å². The first kappa shape index (κ1) is 20.2. The van der Waals surface area contributed by atoms with Gasteiger partial charge in [-0.3, -0.25) is 4.79 Å². The van der Waals surface area contributed by atoms with Gasteiger partial charge in [0.05, 0.1) is 11.3 Å². The Morgan fingerprint density at radius 2 is 1.90 bits per heavy atom. The zero-order chi connectivity index (χ0) is 21.6. The summed E-state index contributed by atoms with van der Waals surface area (Å²) >= 11 is 0. The molecule has 0 bridgehead atoms. The highest BCUT2D eigenvalue weighted by Gasteiger charge is 2.19. The van der Waals surface area contributed by atoms with E-state index in [1.165, 1.54) is 17.9 Å². The summed E-state index contributed by atoms with van der Waals surface area (Å²) in [4.78, 5) is 24.2. The minimum atomic E-state index is -1.14. The Labute approximate surface area is 179 Å². The zero-order valence-corrected chi connectivity index (χ0v) is 16.7. The van der Waals surface area contributed by atoms with Crippen LogP contribution in [0.2, 0.25) is 0 Å². The summed E-state index contributed by atoms with van der Waals surface area (Å²) in [5, 5.41) is 12.2. The Bertz CT molecular complexity index is 1130. The molecule has 0 fully saturated rings. The lowest BCUT2D eigenvalue weighted by Gasteiger charge is -2.19. The Balaban J connectivity index is 1.55. The van der Waals surface area contributed by atoms with E-state index in [4.69, 9.17) is 9.47 Å². The summed E-state index contributed by atoms with van der Waals surface area (Å²) in [6.07, 6.45) is 11.9. The molecule has 0 spiro atoms. The van der Waals surface area contributed by atoms with Crippen LogP contribution >= 0.6 is 0 Å². The molecule has 0 radical (unpaired) electrons. The second kappa shape index (κ2) is 9.17. The fourth-order valence-electron chi connectivity index (χ4n) is 3.36. The third-order valence-electron chi connectivity index (χ3n) is 4.94. The summed E-state index contributed by atoms with van der Waals surface area (Å²) in [7, 11) is 0. The van der Waals surface area contributed by atoms with Crippen molar-refractivity contribution in [1.82, 2.24) is 0 Å². The first-order chi connectivity index (χ1) is 15.1. The molecule has 2 aromatic carbocycles. The number of allylic oxidation sites excluding steroid dienone is 4. The standard InChI is InChI=1S/C25H21NO5/c27-24(18-9-5-2-6-10-18)26-22-14-19(11-12-21(22)25(28)29)23-16-30-15-20(31-23)13-17-7-3-1-4-8-17/h1-3,5-7,9-12,14-16H,4,8,13H2,(H,26,27)(H,28,29). The number of rotatable bonds is 6. The van der Waals surface area contributed by atoms with Gasteiger partial charge < -0.3 is 19.9 Å². The van der Waals surface area contributed by atoms with Crippen molar-refractivity contribution in [2.75, 3.05) is 5.32 Å². The third-order valence-corrected chi connectivity index (χ3v) is 4.94. The molecule has 1 heterocycles. The number of hydrogen-bond donors (Lipinski definition) is 2. The number of ether oxygens (including phenoxy) is 2. The van der Waals surface area contributed by atoms with Crippen molar-refractivity contribution in [2.45, 2.75) is 19.3 Å². The highest BCUT2D eigenvalue weighted by atomic mass is 16.5. The van der Waals surface area contributed by atoms with Crippen LogP contribution in [0.25, 0.3) is 5.76 Å². The maximum absolute atomic E-state index is 12.6. The van der Waals surface area contributed by atoms with Crippen molar-refractivity contribution in [3.63, 3.8) is 0 Å². The molecule has 0 saturated carbocycles. The SMILES string of the molecule is O=C(Nc1cc(C2=COC=C(CC3=CC=CCC3)O2)ccc1C(=O)O)c1ccccc1. The topological polar surface area (TPSA) is 84.9 Å². The lowest BCUT2D eigenvalue weighted by atomic mass is 10.0. The third kappa shape index (κ3) is 4.93. The number of carbonyl (C=O) groups excluding carboxylic acids is 1. The second-order valence-electron chi connectivity index (χ2n) is 7.16. The first-order valence-corrected chi connectivity index (χ1v) is 9.91. The van der Waals surface area contributed by atoms with E-state index in [1.807, 2.05) is 6.08 Å². The van der Waals surface area contributed by atoms with E-state index < -0.39 is 11.9 Å². The monoisotopic (exact) mass is 415 g/mol. The number of carbonyl (C=O) groups is 2. The number of benzene rings is 2. The van der Waals surface area contributed by atoms with E-state index in [0.717, 1.165) is 12.8 Å². The molecule has 0 atom stereocenters. The molecule has 31 heavy (non-hydrogen) atoms. The molecule has 6 nitrogen and oxygen atoms in total. The van der Waals surface area contributed by atoms with Gasteiger partial charge >= 0.3 is 5.97 Å². The largest absolute Gasteiger partial charge is 0.478 e. The van der Waals surface area contributed by atoms with Gasteiger partial charge in [0.25, 0.3) is 5.91 Å². The van der Waals surface area contributed by atoms with Gasteiger partial charge in [0.15, 0.2) is 5.76 Å². The van der Waals surface area contributed by atoms with Gasteiger partial charge in [-0.25, -0.2) is 4.79 Å². The summed E-state index contributed by atoms with van der Waals surface area (Å²) < 4.78 is 11.5. The van der Waals surface area contributed by atoms with Crippen molar-refractivity contribution < 1.29 is 24.2 Å². The van der Waals surface area contributed by atoms with E-state index in [9.17, 15) is 14.7 Å². The molecule has 6 heteroatoms. The van der Waals surface area contributed by atoms with Crippen LogP contribution < -0.4 is 5.32 Å². The van der Waals surface area contributed by atoms with Crippen LogP contribution in [0.3, 0.4) is 0 Å². The van der Waals surface area contributed by atoms with Gasteiger partial charge in [-0.1, -0.05) is 48.1 Å². The Hall–Kier alpha value is -4.06. The zero-order valence-electron chi connectivity index (χ0n) is 16.7. The molecule has 1 amide bonds. The van der Waals surface area contributed by atoms with Crippen molar-refractivity contribution >= 4 is 23.3 Å². The number of carboxylic acids is 1. The van der Waals surface area contributed by atoms with E-state index in [1.54, 1.807) is 48.7 Å². The molecule has 0 aromatic heterocycles. The minimum absolute atomic E-state index is 0.0136. The van der Waals surface area contributed by atoms with Crippen LogP contribution in [0.1, 0.15) is 45.5 Å². The highest BCUT2D eigenvalue weighted by molar-refractivity contribution is 6.08. The normalized spacial score (nSPS) is 15.0. The van der Waals surface area contributed by atoms with E-state index in [-0.39, 0.29) is 11.3 Å². The number of amides is 1. The Morgan fingerprint density at radius 1 is 1.06 bits per heavy atom. The summed E-state index contributed by atoms with van der Waals surface area (Å²) in [5.41, 5.74) is 2.44. The van der Waals surface area contributed by atoms with E-state index in [2.05, 4.69) is 17.5 Å². The number of hydrogen-bond acceptors (Lipinski definition) is 4. The van der Waals surface area contributed by atoms with Crippen molar-refractivity contribution in [2.24, 2.45) is 0 Å². The second-order valence-corrected chi connectivity index (χ2v) is 7.16. The van der Waals surface area contributed by atoms with Crippen LogP contribution in [-0.4, -0.2) is 17.0 Å². The predicted molar refractivity (Wildman–Crippen MR) is 117 cm³/mol. The van der Waals surface area contributed by atoms with Gasteiger partial charge in [0.2, 0.25) is 0 Å². The fourth-order valence-corrected chi connectivity index (χ4v) is 3.36. The smallest absolute Gasteiger partial charge is 0.337 e. The average Bonchev–Trinajstić information content (AvgIpc) is 2.80. The van der Waals surface area contributed by atoms with E-state index >= 15 is 0 Å². The molecule has 1 aliphatic carbocycles. The molecular formula is C25H21NO5. The van der Waals surface area contributed by atoms with Crippen molar-refractivity contribution in [1.29, 1.82) is 0 Å². The van der Waals surface area contributed by atoms with Gasteiger partial charge in [-0.05, 0) is 37.1 Å². The maximum Gasteiger partial charge on any atom is 0.337 e. The first-order valence-electron chi connectivity index (χ1n) is 9.91. The van der Waals surface area contributed by atoms with Gasteiger partial charge in [0.1, 0.15) is 18.3 Å². The van der Waals surface area contributed by atoms with Crippen LogP contribution in [0, 0.1) is 0 Å². The molecular weight excluding hydrogens is 394 g/mol. The number of aromatic carboxylic acids is 1. The Kier molecular flexibility index (Phi) is 5.98. The molecule has 2 aliphatic rings. The Morgan fingerprint density at radius 3 is 2.65 bits per heavy atom. The molecule has 1 aliphatic heterocycles. The predicted octanol–water partition coefficient (Wildman–Crippen LogP) is 5.49. The minimum Gasteiger partial charge on any atom is -0.478 e.